The zero-order chi connectivity index (χ0) is 19.5. The molecule has 0 amide bonds. The first-order chi connectivity index (χ1) is 13.4. The number of fused-ring (bicyclic) bond motifs is 5. The average molecular weight is 388 g/mol. The average Bonchev–Trinajstić information content (AvgIpc) is 3.28. The Morgan fingerprint density at radius 1 is 0.893 bits per heavy atom. The summed E-state index contributed by atoms with van der Waals surface area (Å²) >= 11 is 0. The van der Waals surface area contributed by atoms with Crippen LogP contribution in [-0.4, -0.2) is 36.1 Å². The lowest BCUT2D eigenvalue weighted by molar-refractivity contribution is -0.164. The van der Waals surface area contributed by atoms with Crippen LogP contribution in [-0.2, 0) is 9.53 Å². The summed E-state index contributed by atoms with van der Waals surface area (Å²) in [5.41, 5.74) is 0.781. The Labute approximate surface area is 172 Å². The number of esters is 1. The lowest BCUT2D eigenvalue weighted by atomic mass is 9.45. The standard InChI is InChI=1S/C25H41NO2/c1-17(27)28-23-22(26-14-6-7-15-26)16-21-19-10-9-18-8-4-5-12-24(18,2)20(19)11-13-25(21,23)3/h18-23H,4-16H2,1-3H3/t18?,19?,20?,21?,22-,23-,24-,25-/m0/s1. The molecular weight excluding hydrogens is 346 g/mol. The Hall–Kier alpha value is -0.570. The molecule has 5 fully saturated rings. The van der Waals surface area contributed by atoms with Gasteiger partial charge in [0, 0.05) is 18.4 Å². The van der Waals surface area contributed by atoms with E-state index < -0.39 is 0 Å². The molecular formula is C25H41NO2. The van der Waals surface area contributed by atoms with Gasteiger partial charge in [-0.2, -0.15) is 0 Å². The van der Waals surface area contributed by atoms with Crippen molar-refractivity contribution in [3.63, 3.8) is 0 Å². The number of carbonyl (C=O) groups excluding carboxylic acids is 1. The fraction of sp³-hybridized carbons (Fsp3) is 0.960. The molecule has 1 saturated heterocycles. The molecule has 1 heterocycles. The van der Waals surface area contributed by atoms with E-state index in [4.69, 9.17) is 4.74 Å². The monoisotopic (exact) mass is 387 g/mol. The van der Waals surface area contributed by atoms with Crippen molar-refractivity contribution in [2.75, 3.05) is 13.1 Å². The van der Waals surface area contributed by atoms with Crippen LogP contribution in [0, 0.1) is 34.5 Å². The summed E-state index contributed by atoms with van der Waals surface area (Å²) in [4.78, 5) is 14.7. The van der Waals surface area contributed by atoms with E-state index in [2.05, 4.69) is 18.7 Å². The van der Waals surface area contributed by atoms with Gasteiger partial charge in [0.2, 0.25) is 0 Å². The molecule has 0 radical (unpaired) electrons. The molecule has 0 bridgehead atoms. The first-order valence-electron chi connectivity index (χ1n) is 12.3. The topological polar surface area (TPSA) is 29.5 Å². The van der Waals surface area contributed by atoms with Crippen LogP contribution in [0.2, 0.25) is 0 Å². The molecule has 158 valence electrons. The second kappa shape index (κ2) is 7.00. The van der Waals surface area contributed by atoms with Crippen LogP contribution in [0.5, 0.6) is 0 Å². The van der Waals surface area contributed by atoms with Crippen molar-refractivity contribution in [2.24, 2.45) is 34.5 Å². The maximum Gasteiger partial charge on any atom is 0.302 e. The third kappa shape index (κ3) is 2.81. The molecule has 4 saturated carbocycles. The SMILES string of the molecule is CC(=O)O[C@H]1[C@@H](N2CCCC2)CC2C3CCC4CCCC[C@]4(C)C3CC[C@@]21C. The van der Waals surface area contributed by atoms with Gasteiger partial charge in [0.15, 0.2) is 0 Å². The van der Waals surface area contributed by atoms with Crippen LogP contribution < -0.4 is 0 Å². The smallest absolute Gasteiger partial charge is 0.302 e. The minimum Gasteiger partial charge on any atom is -0.460 e. The normalized spacial score (nSPS) is 51.2. The van der Waals surface area contributed by atoms with E-state index in [1.54, 1.807) is 6.92 Å². The largest absolute Gasteiger partial charge is 0.460 e. The van der Waals surface area contributed by atoms with Gasteiger partial charge < -0.3 is 4.74 Å². The summed E-state index contributed by atoms with van der Waals surface area (Å²) in [5, 5.41) is 0. The molecule has 4 aliphatic carbocycles. The van der Waals surface area contributed by atoms with E-state index in [1.165, 1.54) is 83.7 Å². The zero-order valence-electron chi connectivity index (χ0n) is 18.4. The molecule has 28 heavy (non-hydrogen) atoms. The molecule has 1 aliphatic heterocycles. The third-order valence-corrected chi connectivity index (χ3v) is 10.4. The van der Waals surface area contributed by atoms with Gasteiger partial charge in [-0.05, 0) is 100.0 Å². The molecule has 0 spiro atoms. The number of hydrogen-bond acceptors (Lipinski definition) is 3. The Morgan fingerprint density at radius 2 is 1.68 bits per heavy atom. The van der Waals surface area contributed by atoms with Crippen molar-refractivity contribution in [3.8, 4) is 0 Å². The van der Waals surface area contributed by atoms with Gasteiger partial charge in [0.25, 0.3) is 0 Å². The van der Waals surface area contributed by atoms with Gasteiger partial charge >= 0.3 is 5.97 Å². The number of likely N-dealkylation sites (tertiary alicyclic amines) is 1. The van der Waals surface area contributed by atoms with E-state index >= 15 is 0 Å². The first kappa shape index (κ1) is 19.4. The highest BCUT2D eigenvalue weighted by atomic mass is 16.5. The third-order valence-electron chi connectivity index (χ3n) is 10.4. The fourth-order valence-electron chi connectivity index (χ4n) is 9.07. The summed E-state index contributed by atoms with van der Waals surface area (Å²) in [7, 11) is 0. The van der Waals surface area contributed by atoms with Gasteiger partial charge in [0.05, 0.1) is 0 Å². The van der Waals surface area contributed by atoms with Crippen LogP contribution in [0.3, 0.4) is 0 Å². The van der Waals surface area contributed by atoms with E-state index in [-0.39, 0.29) is 17.5 Å². The predicted molar refractivity (Wildman–Crippen MR) is 112 cm³/mol. The van der Waals surface area contributed by atoms with Gasteiger partial charge in [-0.25, -0.2) is 0 Å². The number of hydrogen-bond donors (Lipinski definition) is 0. The van der Waals surface area contributed by atoms with Gasteiger partial charge in [-0.15, -0.1) is 0 Å². The zero-order valence-corrected chi connectivity index (χ0v) is 18.4. The van der Waals surface area contributed by atoms with Crippen LogP contribution in [0.4, 0.5) is 0 Å². The van der Waals surface area contributed by atoms with E-state index in [9.17, 15) is 4.79 Å². The Bertz CT molecular complexity index is 614. The molecule has 3 nitrogen and oxygen atoms in total. The molecule has 0 aromatic rings. The van der Waals surface area contributed by atoms with Gasteiger partial charge in [0.1, 0.15) is 6.10 Å². The molecule has 4 unspecified atom stereocenters. The Morgan fingerprint density at radius 3 is 2.43 bits per heavy atom. The van der Waals surface area contributed by atoms with Crippen LogP contribution in [0.1, 0.15) is 91.4 Å². The number of rotatable bonds is 2. The molecule has 5 rings (SSSR count). The Balaban J connectivity index is 1.45. The summed E-state index contributed by atoms with van der Waals surface area (Å²) in [6.07, 6.45) is 15.4. The second-order valence-corrected chi connectivity index (χ2v) is 11.5. The molecule has 8 atom stereocenters. The fourth-order valence-corrected chi connectivity index (χ4v) is 9.07. The highest BCUT2D eigenvalue weighted by Gasteiger charge is 2.63. The van der Waals surface area contributed by atoms with Gasteiger partial charge in [-0.3, -0.25) is 9.69 Å². The summed E-state index contributed by atoms with van der Waals surface area (Å²) in [6, 6.07) is 0.469. The lowest BCUT2D eigenvalue weighted by Crippen LogP contribution is -2.54. The van der Waals surface area contributed by atoms with Crippen molar-refractivity contribution in [1.29, 1.82) is 0 Å². The highest BCUT2D eigenvalue weighted by Crippen LogP contribution is 2.67. The first-order valence-corrected chi connectivity index (χ1v) is 12.3. The number of carbonyl (C=O) groups is 1. The minimum absolute atomic E-state index is 0.0684. The maximum atomic E-state index is 12.1. The minimum atomic E-state index is -0.0684. The maximum absolute atomic E-state index is 12.1. The summed E-state index contributed by atoms with van der Waals surface area (Å²) in [5.74, 6) is 3.44. The van der Waals surface area contributed by atoms with Crippen molar-refractivity contribution in [3.05, 3.63) is 0 Å². The molecule has 3 heteroatoms. The summed E-state index contributed by atoms with van der Waals surface area (Å²) in [6.45, 7) is 9.19. The quantitative estimate of drug-likeness (QED) is 0.592. The molecule has 0 aromatic heterocycles. The van der Waals surface area contributed by atoms with E-state index in [0.29, 0.717) is 11.5 Å². The van der Waals surface area contributed by atoms with Crippen molar-refractivity contribution < 1.29 is 9.53 Å². The van der Waals surface area contributed by atoms with Crippen molar-refractivity contribution >= 4 is 5.97 Å². The van der Waals surface area contributed by atoms with Gasteiger partial charge in [-0.1, -0.05) is 26.7 Å². The number of nitrogens with zero attached hydrogens (tertiary/aromatic N) is 1. The number of ether oxygens (including phenoxy) is 1. The van der Waals surface area contributed by atoms with Crippen molar-refractivity contribution in [1.82, 2.24) is 4.90 Å². The highest BCUT2D eigenvalue weighted by molar-refractivity contribution is 5.66. The lowest BCUT2D eigenvalue weighted by Gasteiger charge is -2.60. The molecule has 0 aromatic carbocycles. The van der Waals surface area contributed by atoms with E-state index in [0.717, 1.165) is 23.7 Å². The predicted octanol–water partition coefficient (Wildman–Crippen LogP) is 5.43. The van der Waals surface area contributed by atoms with E-state index in [1.807, 2.05) is 0 Å². The molecule has 0 N–H and O–H groups in total. The van der Waals surface area contributed by atoms with Crippen LogP contribution in [0.15, 0.2) is 0 Å². The summed E-state index contributed by atoms with van der Waals surface area (Å²) < 4.78 is 6.14. The molecule has 5 aliphatic rings. The van der Waals surface area contributed by atoms with Crippen molar-refractivity contribution in [2.45, 2.75) is 104 Å². The van der Waals surface area contributed by atoms with Crippen LogP contribution in [0.25, 0.3) is 0 Å². The van der Waals surface area contributed by atoms with Crippen LogP contribution >= 0.6 is 0 Å². The second-order valence-electron chi connectivity index (χ2n) is 11.5. The Kier molecular flexibility index (Phi) is 4.85.